The topological polar surface area (TPSA) is 86.8 Å². The van der Waals surface area contributed by atoms with Crippen molar-refractivity contribution in [2.75, 3.05) is 10.8 Å². The second-order valence-corrected chi connectivity index (χ2v) is 12.9. The first kappa shape index (κ1) is 32.7. The van der Waals surface area contributed by atoms with Crippen molar-refractivity contribution in [1.82, 2.24) is 10.2 Å². The fraction of sp³-hybridized carbons (Fsp3) is 0.333. The highest BCUT2D eigenvalue weighted by Gasteiger charge is 2.34. The molecule has 1 N–H and O–H groups in total. The summed E-state index contributed by atoms with van der Waals surface area (Å²) in [4.78, 5) is 28.9. The Labute approximate surface area is 257 Å². The van der Waals surface area contributed by atoms with Crippen molar-refractivity contribution in [3.63, 3.8) is 0 Å². The molecule has 0 aliphatic carbocycles. The van der Waals surface area contributed by atoms with E-state index in [-0.39, 0.29) is 35.5 Å². The van der Waals surface area contributed by atoms with E-state index in [1.807, 2.05) is 20.8 Å². The average Bonchev–Trinajstić information content (AvgIpc) is 2.93. The van der Waals surface area contributed by atoms with Gasteiger partial charge in [-0.1, -0.05) is 72.4 Å². The zero-order valence-electron chi connectivity index (χ0n) is 23.4. The number of hydrogen-bond acceptors (Lipinski definition) is 4. The minimum absolute atomic E-state index is 0.0214. The number of anilines is 1. The summed E-state index contributed by atoms with van der Waals surface area (Å²) in [5.74, 6) is -0.949. The lowest BCUT2D eigenvalue weighted by Gasteiger charge is -2.34. The maximum absolute atomic E-state index is 14.1. The molecular formula is C30H34Cl3N3O4S. The lowest BCUT2D eigenvalue weighted by molar-refractivity contribution is -0.140. The number of hydrogen-bond donors (Lipinski definition) is 1. The van der Waals surface area contributed by atoms with Crippen LogP contribution in [0.3, 0.4) is 0 Å². The largest absolute Gasteiger partial charge is 0.352 e. The van der Waals surface area contributed by atoms with Crippen molar-refractivity contribution in [2.24, 2.45) is 0 Å². The van der Waals surface area contributed by atoms with E-state index in [1.54, 1.807) is 49.4 Å². The van der Waals surface area contributed by atoms with Crippen LogP contribution in [-0.2, 0) is 26.2 Å². The summed E-state index contributed by atoms with van der Waals surface area (Å²) in [6, 6.07) is 16.5. The molecule has 0 unspecified atom stereocenters. The van der Waals surface area contributed by atoms with Crippen LogP contribution in [-0.4, -0.2) is 43.8 Å². The third-order valence-corrected chi connectivity index (χ3v) is 9.53. The van der Waals surface area contributed by atoms with E-state index in [0.717, 1.165) is 9.87 Å². The molecule has 2 amide bonds. The summed E-state index contributed by atoms with van der Waals surface area (Å²) in [5.41, 5.74) is 1.59. The van der Waals surface area contributed by atoms with Crippen LogP contribution in [0.2, 0.25) is 15.1 Å². The number of carbonyl (C=O) groups excluding carboxylic acids is 2. The highest BCUT2D eigenvalue weighted by Crippen LogP contribution is 2.29. The maximum atomic E-state index is 14.1. The number of benzene rings is 3. The number of nitrogens with zero attached hydrogens (tertiary/aromatic N) is 2. The highest BCUT2D eigenvalue weighted by atomic mass is 35.5. The molecule has 0 fully saturated rings. The Morgan fingerprint density at radius 2 is 1.46 bits per heavy atom. The lowest BCUT2D eigenvalue weighted by atomic mass is 10.1. The SMILES string of the molecule is CC[C@@H](C)NC(=O)[C@H](CC)N(Cc1c(Cl)cccc1Cl)C(=O)CN(c1ccc(Cl)cc1)S(=O)(=O)c1ccc(C)cc1. The summed E-state index contributed by atoms with van der Waals surface area (Å²) >= 11 is 19.0. The van der Waals surface area contributed by atoms with Gasteiger partial charge in [-0.15, -0.1) is 0 Å². The fourth-order valence-electron chi connectivity index (χ4n) is 4.19. The quantitative estimate of drug-likeness (QED) is 0.235. The summed E-state index contributed by atoms with van der Waals surface area (Å²) in [6.07, 6.45) is 0.980. The third kappa shape index (κ3) is 8.16. The fourth-order valence-corrected chi connectivity index (χ4v) is 6.25. The number of amides is 2. The molecule has 7 nitrogen and oxygen atoms in total. The van der Waals surface area contributed by atoms with Crippen LogP contribution in [0.4, 0.5) is 5.69 Å². The van der Waals surface area contributed by atoms with Gasteiger partial charge in [0.25, 0.3) is 10.0 Å². The summed E-state index contributed by atoms with van der Waals surface area (Å²) in [6.45, 7) is 6.78. The van der Waals surface area contributed by atoms with Gasteiger partial charge in [-0.25, -0.2) is 8.42 Å². The van der Waals surface area contributed by atoms with Crippen molar-refractivity contribution in [2.45, 2.75) is 64.1 Å². The van der Waals surface area contributed by atoms with Crippen LogP contribution in [0.5, 0.6) is 0 Å². The van der Waals surface area contributed by atoms with Crippen molar-refractivity contribution in [1.29, 1.82) is 0 Å². The van der Waals surface area contributed by atoms with Crippen LogP contribution in [0.15, 0.2) is 71.6 Å². The summed E-state index contributed by atoms with van der Waals surface area (Å²) < 4.78 is 28.8. The van der Waals surface area contributed by atoms with Crippen molar-refractivity contribution in [3.05, 3.63) is 92.9 Å². The molecule has 0 aromatic heterocycles. The normalized spacial score (nSPS) is 12.9. The first-order chi connectivity index (χ1) is 19.4. The second-order valence-electron chi connectivity index (χ2n) is 9.76. The Kier molecular flexibility index (Phi) is 11.5. The molecule has 0 saturated heterocycles. The number of carbonyl (C=O) groups is 2. The average molecular weight is 639 g/mol. The van der Waals surface area contributed by atoms with E-state index in [0.29, 0.717) is 27.1 Å². The van der Waals surface area contributed by atoms with Gasteiger partial charge in [0.15, 0.2) is 0 Å². The Hall–Kier alpha value is -2.78. The molecule has 0 saturated carbocycles. The van der Waals surface area contributed by atoms with Crippen LogP contribution in [0.1, 0.15) is 44.7 Å². The monoisotopic (exact) mass is 637 g/mol. The summed E-state index contributed by atoms with van der Waals surface area (Å²) in [7, 11) is -4.19. The van der Waals surface area contributed by atoms with E-state index in [1.165, 1.54) is 29.2 Å². The van der Waals surface area contributed by atoms with Crippen molar-refractivity contribution < 1.29 is 18.0 Å². The second kappa shape index (κ2) is 14.4. The Morgan fingerprint density at radius 3 is 2.00 bits per heavy atom. The molecule has 11 heteroatoms. The first-order valence-corrected chi connectivity index (χ1v) is 15.8. The molecule has 0 aliphatic rings. The number of sulfonamides is 1. The lowest BCUT2D eigenvalue weighted by Crippen LogP contribution is -2.53. The predicted molar refractivity (Wildman–Crippen MR) is 166 cm³/mol. The highest BCUT2D eigenvalue weighted by molar-refractivity contribution is 7.92. The molecule has 0 radical (unpaired) electrons. The molecule has 3 rings (SSSR count). The Bertz CT molecular complexity index is 1450. The van der Waals surface area contributed by atoms with Crippen LogP contribution in [0.25, 0.3) is 0 Å². The first-order valence-electron chi connectivity index (χ1n) is 13.3. The van der Waals surface area contributed by atoms with E-state index in [2.05, 4.69) is 5.32 Å². The van der Waals surface area contributed by atoms with Gasteiger partial charge in [0, 0.05) is 33.2 Å². The minimum atomic E-state index is -4.19. The molecule has 0 spiro atoms. The van der Waals surface area contributed by atoms with Gasteiger partial charge >= 0.3 is 0 Å². The van der Waals surface area contributed by atoms with Crippen LogP contribution < -0.4 is 9.62 Å². The zero-order valence-corrected chi connectivity index (χ0v) is 26.5. The van der Waals surface area contributed by atoms with E-state index >= 15 is 0 Å². The smallest absolute Gasteiger partial charge is 0.264 e. The number of halogens is 3. The molecule has 41 heavy (non-hydrogen) atoms. The van der Waals surface area contributed by atoms with Gasteiger partial charge in [-0.2, -0.15) is 0 Å². The van der Waals surface area contributed by atoms with Gasteiger partial charge in [0.1, 0.15) is 12.6 Å². The molecule has 3 aromatic carbocycles. The van der Waals surface area contributed by atoms with E-state index < -0.39 is 28.5 Å². The van der Waals surface area contributed by atoms with Crippen molar-refractivity contribution >= 4 is 62.3 Å². The number of nitrogens with one attached hydrogen (secondary N) is 1. The van der Waals surface area contributed by atoms with Gasteiger partial charge in [0.05, 0.1) is 10.6 Å². The Morgan fingerprint density at radius 1 is 0.878 bits per heavy atom. The maximum Gasteiger partial charge on any atom is 0.264 e. The van der Waals surface area contributed by atoms with Gasteiger partial charge in [-0.3, -0.25) is 13.9 Å². The number of rotatable bonds is 12. The summed E-state index contributed by atoms with van der Waals surface area (Å²) in [5, 5.41) is 4.01. The van der Waals surface area contributed by atoms with E-state index in [9.17, 15) is 18.0 Å². The molecular weight excluding hydrogens is 605 g/mol. The predicted octanol–water partition coefficient (Wildman–Crippen LogP) is 6.87. The zero-order chi connectivity index (χ0) is 30.3. The molecule has 0 heterocycles. The van der Waals surface area contributed by atoms with Crippen molar-refractivity contribution in [3.8, 4) is 0 Å². The number of aryl methyl sites for hydroxylation is 1. The van der Waals surface area contributed by atoms with Gasteiger partial charge in [0.2, 0.25) is 11.8 Å². The molecule has 0 aliphatic heterocycles. The Balaban J connectivity index is 2.09. The molecule has 3 aromatic rings. The molecule has 2 atom stereocenters. The third-order valence-electron chi connectivity index (χ3n) is 6.78. The molecule has 220 valence electrons. The van der Waals surface area contributed by atoms with Gasteiger partial charge in [-0.05, 0) is 75.2 Å². The standard InChI is InChI=1S/C30H34Cl3N3O4S/c1-5-21(4)34-30(38)28(6-2)35(18-25-26(32)8-7-9-27(25)33)29(37)19-36(23-14-12-22(31)13-15-23)41(39,40)24-16-10-20(3)11-17-24/h7-17,21,28H,5-6,18-19H2,1-4H3,(H,34,38)/t21-,28+/m1/s1. The van der Waals surface area contributed by atoms with E-state index in [4.69, 9.17) is 34.8 Å². The molecule has 0 bridgehead atoms. The van der Waals surface area contributed by atoms with Crippen LogP contribution >= 0.6 is 34.8 Å². The minimum Gasteiger partial charge on any atom is -0.352 e. The van der Waals surface area contributed by atoms with Crippen LogP contribution in [0, 0.1) is 6.92 Å². The van der Waals surface area contributed by atoms with Gasteiger partial charge < -0.3 is 10.2 Å².